The summed E-state index contributed by atoms with van der Waals surface area (Å²) >= 11 is 6.89. The summed E-state index contributed by atoms with van der Waals surface area (Å²) in [5, 5.41) is 0. The molecule has 1 aromatic carbocycles. The first-order valence-corrected chi connectivity index (χ1v) is 7.73. The van der Waals surface area contributed by atoms with Crippen molar-refractivity contribution in [1.82, 2.24) is 9.97 Å². The van der Waals surface area contributed by atoms with Gasteiger partial charge in [-0.3, -0.25) is 9.97 Å². The van der Waals surface area contributed by atoms with E-state index in [2.05, 4.69) is 60.9 Å². The summed E-state index contributed by atoms with van der Waals surface area (Å²) in [5.41, 5.74) is 2.95. The second kappa shape index (κ2) is 6.96. The van der Waals surface area contributed by atoms with Crippen LogP contribution in [0.5, 0.6) is 0 Å². The fourth-order valence-corrected chi connectivity index (χ4v) is 2.09. The lowest BCUT2D eigenvalue weighted by Crippen LogP contribution is -1.92. The largest absolute Gasteiger partial charge is 0.257 e. The highest BCUT2D eigenvalue weighted by molar-refractivity contribution is 9.10. The standard InChI is InChI=1S/C15H14Br2N2/c1-11(16)3-2-4-14-9-19-15(10-18-14)12-5-7-13(17)8-6-12/h2-3,5-11H,4H2,1H3/b3-2-. The number of nitrogens with zero attached hydrogens (tertiary/aromatic N) is 2. The molecule has 0 saturated heterocycles. The van der Waals surface area contributed by atoms with Crippen LogP contribution in [0.25, 0.3) is 11.3 Å². The maximum absolute atomic E-state index is 4.45. The number of benzene rings is 1. The molecule has 2 rings (SSSR count). The quantitative estimate of drug-likeness (QED) is 0.562. The van der Waals surface area contributed by atoms with Crippen molar-refractivity contribution in [3.8, 4) is 11.3 Å². The van der Waals surface area contributed by atoms with Crippen LogP contribution in [-0.2, 0) is 6.42 Å². The number of rotatable bonds is 4. The number of hydrogen-bond donors (Lipinski definition) is 0. The van der Waals surface area contributed by atoms with Gasteiger partial charge in [0.05, 0.1) is 17.6 Å². The average molecular weight is 382 g/mol. The third-order valence-electron chi connectivity index (χ3n) is 2.57. The smallest absolute Gasteiger partial charge is 0.0885 e. The highest BCUT2D eigenvalue weighted by Crippen LogP contribution is 2.19. The first kappa shape index (κ1) is 14.4. The Labute approximate surface area is 130 Å². The summed E-state index contributed by atoms with van der Waals surface area (Å²) in [5.74, 6) is 0. The zero-order valence-corrected chi connectivity index (χ0v) is 13.7. The van der Waals surface area contributed by atoms with Crippen molar-refractivity contribution < 1.29 is 0 Å². The van der Waals surface area contributed by atoms with Crippen LogP contribution in [0, 0.1) is 0 Å². The molecule has 0 bridgehead atoms. The van der Waals surface area contributed by atoms with E-state index in [0.29, 0.717) is 4.83 Å². The van der Waals surface area contributed by atoms with E-state index in [1.165, 1.54) is 0 Å². The second-order valence-corrected chi connectivity index (χ2v) is 6.57. The Kier molecular flexibility index (Phi) is 5.28. The third kappa shape index (κ3) is 4.55. The first-order valence-electron chi connectivity index (χ1n) is 6.03. The van der Waals surface area contributed by atoms with Crippen LogP contribution in [0.2, 0.25) is 0 Å². The summed E-state index contributed by atoms with van der Waals surface area (Å²) < 4.78 is 1.06. The van der Waals surface area contributed by atoms with E-state index in [1.807, 2.05) is 36.7 Å². The molecular formula is C15H14Br2N2. The summed E-state index contributed by atoms with van der Waals surface area (Å²) in [7, 11) is 0. The lowest BCUT2D eigenvalue weighted by Gasteiger charge is -2.02. The molecule has 0 amide bonds. The molecule has 98 valence electrons. The van der Waals surface area contributed by atoms with Gasteiger partial charge in [0.2, 0.25) is 0 Å². The summed E-state index contributed by atoms with van der Waals surface area (Å²) in [6, 6.07) is 8.07. The van der Waals surface area contributed by atoms with Gasteiger partial charge in [-0.2, -0.15) is 0 Å². The number of aromatic nitrogens is 2. The minimum Gasteiger partial charge on any atom is -0.257 e. The lowest BCUT2D eigenvalue weighted by molar-refractivity contribution is 1.05. The first-order chi connectivity index (χ1) is 9.15. The van der Waals surface area contributed by atoms with Gasteiger partial charge in [-0.1, -0.05) is 56.1 Å². The molecule has 19 heavy (non-hydrogen) atoms. The average Bonchev–Trinajstić information content (AvgIpc) is 2.40. The Morgan fingerprint density at radius 1 is 1.16 bits per heavy atom. The second-order valence-electron chi connectivity index (χ2n) is 4.21. The van der Waals surface area contributed by atoms with Gasteiger partial charge >= 0.3 is 0 Å². The molecule has 2 nitrogen and oxygen atoms in total. The molecule has 2 aromatic rings. The summed E-state index contributed by atoms with van der Waals surface area (Å²) in [6.07, 6.45) is 8.67. The van der Waals surface area contributed by atoms with Gasteiger partial charge in [0.15, 0.2) is 0 Å². The molecule has 0 aliphatic carbocycles. The van der Waals surface area contributed by atoms with Gasteiger partial charge in [-0.15, -0.1) is 0 Å². The molecule has 0 aliphatic heterocycles. The molecule has 0 spiro atoms. The van der Waals surface area contributed by atoms with Crippen molar-refractivity contribution in [1.29, 1.82) is 0 Å². The molecule has 1 aromatic heterocycles. The van der Waals surface area contributed by atoms with E-state index in [9.17, 15) is 0 Å². The highest BCUT2D eigenvalue weighted by Gasteiger charge is 2.00. The van der Waals surface area contributed by atoms with Crippen LogP contribution in [0.1, 0.15) is 12.6 Å². The predicted molar refractivity (Wildman–Crippen MR) is 86.4 cm³/mol. The Balaban J connectivity index is 2.08. The van der Waals surface area contributed by atoms with Crippen molar-refractivity contribution in [2.75, 3.05) is 0 Å². The SMILES string of the molecule is CC(Br)/C=C\Cc1cnc(-c2ccc(Br)cc2)cn1. The predicted octanol–water partition coefficient (Wildman–Crippen LogP) is 4.79. The van der Waals surface area contributed by atoms with Crippen LogP contribution < -0.4 is 0 Å². The minimum absolute atomic E-state index is 0.391. The minimum atomic E-state index is 0.391. The molecular weight excluding hydrogens is 368 g/mol. The van der Waals surface area contributed by atoms with Gasteiger partial charge in [-0.05, 0) is 19.1 Å². The van der Waals surface area contributed by atoms with Crippen LogP contribution in [0.4, 0.5) is 0 Å². The lowest BCUT2D eigenvalue weighted by atomic mass is 10.1. The van der Waals surface area contributed by atoms with Gasteiger partial charge in [0.1, 0.15) is 0 Å². The number of allylic oxidation sites excluding steroid dienone is 2. The Hall–Kier alpha value is -1.00. The monoisotopic (exact) mass is 380 g/mol. The zero-order chi connectivity index (χ0) is 13.7. The maximum atomic E-state index is 4.45. The van der Waals surface area contributed by atoms with Gasteiger partial charge in [-0.25, -0.2) is 0 Å². The molecule has 0 radical (unpaired) electrons. The van der Waals surface area contributed by atoms with E-state index in [-0.39, 0.29) is 0 Å². The van der Waals surface area contributed by atoms with Gasteiger partial charge < -0.3 is 0 Å². The molecule has 4 heteroatoms. The van der Waals surface area contributed by atoms with Crippen molar-refractivity contribution >= 4 is 31.9 Å². The Bertz CT molecular complexity index is 545. The van der Waals surface area contributed by atoms with E-state index in [1.54, 1.807) is 0 Å². The number of alkyl halides is 1. The van der Waals surface area contributed by atoms with Crippen molar-refractivity contribution in [2.45, 2.75) is 18.2 Å². The van der Waals surface area contributed by atoms with Crippen LogP contribution in [0.15, 0.2) is 53.3 Å². The molecule has 1 unspecified atom stereocenters. The topological polar surface area (TPSA) is 25.8 Å². The normalized spacial score (nSPS) is 12.8. The van der Waals surface area contributed by atoms with Gasteiger partial charge in [0, 0.05) is 27.5 Å². The van der Waals surface area contributed by atoms with Crippen molar-refractivity contribution in [3.63, 3.8) is 0 Å². The number of halogens is 2. The molecule has 0 N–H and O–H groups in total. The highest BCUT2D eigenvalue weighted by atomic mass is 79.9. The molecule has 1 heterocycles. The Morgan fingerprint density at radius 2 is 1.89 bits per heavy atom. The van der Waals surface area contributed by atoms with Crippen LogP contribution in [-0.4, -0.2) is 14.8 Å². The molecule has 0 saturated carbocycles. The van der Waals surface area contributed by atoms with Crippen LogP contribution in [0.3, 0.4) is 0 Å². The molecule has 0 aliphatic rings. The molecule has 1 atom stereocenters. The van der Waals surface area contributed by atoms with E-state index >= 15 is 0 Å². The maximum Gasteiger partial charge on any atom is 0.0885 e. The fraction of sp³-hybridized carbons (Fsp3) is 0.200. The van der Waals surface area contributed by atoms with Crippen molar-refractivity contribution in [2.24, 2.45) is 0 Å². The fourth-order valence-electron chi connectivity index (χ4n) is 1.61. The van der Waals surface area contributed by atoms with Gasteiger partial charge in [0.25, 0.3) is 0 Å². The third-order valence-corrected chi connectivity index (χ3v) is 3.41. The van der Waals surface area contributed by atoms with E-state index < -0.39 is 0 Å². The van der Waals surface area contributed by atoms with E-state index in [4.69, 9.17) is 0 Å². The zero-order valence-electron chi connectivity index (χ0n) is 10.6. The van der Waals surface area contributed by atoms with E-state index in [0.717, 1.165) is 27.8 Å². The Morgan fingerprint density at radius 3 is 2.47 bits per heavy atom. The molecule has 0 fully saturated rings. The van der Waals surface area contributed by atoms with Crippen molar-refractivity contribution in [3.05, 3.63) is 59.0 Å². The summed E-state index contributed by atoms with van der Waals surface area (Å²) in [6.45, 7) is 2.08. The summed E-state index contributed by atoms with van der Waals surface area (Å²) in [4.78, 5) is 9.28. The van der Waals surface area contributed by atoms with Crippen LogP contribution >= 0.6 is 31.9 Å². The number of hydrogen-bond acceptors (Lipinski definition) is 2.